The second-order valence-corrected chi connectivity index (χ2v) is 4.31. The van der Waals surface area contributed by atoms with Gasteiger partial charge in [0, 0.05) is 0 Å². The Kier molecular flexibility index (Phi) is 2.49. The van der Waals surface area contributed by atoms with Crippen LogP contribution in [-0.4, -0.2) is 11.1 Å². The minimum Gasteiger partial charge on any atom is -0.481 e. The highest BCUT2D eigenvalue weighted by Crippen LogP contribution is 2.43. The summed E-state index contributed by atoms with van der Waals surface area (Å²) in [7, 11) is 0. The van der Waals surface area contributed by atoms with Gasteiger partial charge in [-0.2, -0.15) is 0 Å². The molecule has 1 aliphatic rings. The Morgan fingerprint density at radius 3 is 1.78 bits per heavy atom. The number of benzene rings is 2. The van der Waals surface area contributed by atoms with E-state index in [9.17, 15) is 4.79 Å². The molecule has 2 nitrogen and oxygen atoms in total. The summed E-state index contributed by atoms with van der Waals surface area (Å²) in [5.41, 5.74) is 5.65. The Labute approximate surface area is 105 Å². The maximum atomic E-state index is 10.7. The predicted octanol–water partition coefficient (Wildman–Crippen LogP) is 3.57. The molecule has 1 aliphatic carbocycles. The van der Waals surface area contributed by atoms with Crippen LogP contribution in [-0.2, 0) is 4.79 Å². The summed E-state index contributed by atoms with van der Waals surface area (Å²) in [5, 5.41) is 8.83. The molecular weight excluding hydrogens is 224 g/mol. The fourth-order valence-electron chi connectivity index (χ4n) is 2.46. The van der Waals surface area contributed by atoms with Gasteiger partial charge in [-0.3, -0.25) is 4.79 Å². The predicted molar refractivity (Wildman–Crippen MR) is 71.2 cm³/mol. The van der Waals surface area contributed by atoms with Crippen LogP contribution in [0.15, 0.2) is 54.6 Å². The van der Waals surface area contributed by atoms with Gasteiger partial charge in [-0.05, 0) is 27.8 Å². The highest BCUT2D eigenvalue weighted by Gasteiger charge is 2.21. The molecule has 0 bridgehead atoms. The fraction of sp³-hybridized carbons (Fsp3) is 0.0625. The van der Waals surface area contributed by atoms with E-state index in [0.29, 0.717) is 0 Å². The van der Waals surface area contributed by atoms with Crippen molar-refractivity contribution in [1.29, 1.82) is 0 Å². The molecule has 0 radical (unpaired) electrons. The molecule has 0 saturated carbocycles. The van der Waals surface area contributed by atoms with Crippen molar-refractivity contribution in [2.45, 2.75) is 6.42 Å². The fourth-order valence-corrected chi connectivity index (χ4v) is 2.46. The number of rotatable bonds is 2. The maximum Gasteiger partial charge on any atom is 0.307 e. The molecule has 0 fully saturated rings. The first-order chi connectivity index (χ1) is 8.77. The quantitative estimate of drug-likeness (QED) is 0.738. The monoisotopic (exact) mass is 236 g/mol. The van der Waals surface area contributed by atoms with Crippen LogP contribution in [0.1, 0.15) is 17.5 Å². The molecule has 1 N–H and O–H groups in total. The topological polar surface area (TPSA) is 37.3 Å². The third kappa shape index (κ3) is 1.63. The number of carboxylic acid groups (broad SMARTS) is 1. The van der Waals surface area contributed by atoms with Gasteiger partial charge in [-0.25, -0.2) is 0 Å². The van der Waals surface area contributed by atoms with Crippen LogP contribution in [0.25, 0.3) is 16.7 Å². The number of carbonyl (C=O) groups is 1. The highest BCUT2D eigenvalue weighted by molar-refractivity contribution is 6.01. The lowest BCUT2D eigenvalue weighted by atomic mass is 10.0. The number of fused-ring (bicyclic) bond motifs is 3. The van der Waals surface area contributed by atoms with Crippen molar-refractivity contribution in [2.75, 3.05) is 0 Å². The van der Waals surface area contributed by atoms with E-state index in [0.717, 1.165) is 16.7 Å². The zero-order chi connectivity index (χ0) is 12.5. The lowest BCUT2D eigenvalue weighted by Crippen LogP contribution is -1.92. The Hall–Kier alpha value is -2.35. The van der Waals surface area contributed by atoms with E-state index in [1.165, 1.54) is 11.1 Å². The standard InChI is InChI=1S/C16H12O2/c17-16(18)10-9-15-13-7-3-1-5-11(13)12-6-2-4-8-14(12)15/h1-9H,10H2,(H,17,18). The summed E-state index contributed by atoms with van der Waals surface area (Å²) >= 11 is 0. The minimum atomic E-state index is -0.802. The SMILES string of the molecule is O=C(O)CC=C1c2ccccc2-c2ccccc21. The van der Waals surface area contributed by atoms with E-state index >= 15 is 0 Å². The summed E-state index contributed by atoms with van der Waals surface area (Å²) in [6.07, 6.45) is 1.85. The van der Waals surface area contributed by atoms with E-state index in [1.54, 1.807) is 6.08 Å². The molecule has 0 aliphatic heterocycles. The first-order valence-electron chi connectivity index (χ1n) is 5.88. The Morgan fingerprint density at radius 1 is 0.889 bits per heavy atom. The van der Waals surface area contributed by atoms with E-state index in [2.05, 4.69) is 12.1 Å². The first-order valence-corrected chi connectivity index (χ1v) is 5.88. The molecule has 0 spiro atoms. The van der Waals surface area contributed by atoms with Crippen LogP contribution >= 0.6 is 0 Å². The molecule has 2 heteroatoms. The first kappa shape index (κ1) is 10.8. The van der Waals surface area contributed by atoms with E-state index < -0.39 is 5.97 Å². The van der Waals surface area contributed by atoms with Gasteiger partial charge >= 0.3 is 5.97 Å². The average molecular weight is 236 g/mol. The van der Waals surface area contributed by atoms with Crippen molar-refractivity contribution in [3.05, 3.63) is 65.7 Å². The molecule has 2 aromatic carbocycles. The lowest BCUT2D eigenvalue weighted by Gasteiger charge is -2.01. The second-order valence-electron chi connectivity index (χ2n) is 4.31. The summed E-state index contributed by atoms with van der Waals surface area (Å²) in [5.74, 6) is -0.802. The normalized spacial score (nSPS) is 11.9. The van der Waals surface area contributed by atoms with Crippen molar-refractivity contribution in [3.63, 3.8) is 0 Å². The van der Waals surface area contributed by atoms with Crippen molar-refractivity contribution in [1.82, 2.24) is 0 Å². The number of hydrogen-bond acceptors (Lipinski definition) is 1. The third-order valence-electron chi connectivity index (χ3n) is 3.21. The zero-order valence-electron chi connectivity index (χ0n) is 9.76. The van der Waals surface area contributed by atoms with E-state index in [1.807, 2.05) is 36.4 Å². The average Bonchev–Trinajstić information content (AvgIpc) is 2.71. The number of hydrogen-bond donors (Lipinski definition) is 1. The van der Waals surface area contributed by atoms with E-state index in [-0.39, 0.29) is 6.42 Å². The van der Waals surface area contributed by atoms with Crippen LogP contribution in [0, 0.1) is 0 Å². The van der Waals surface area contributed by atoms with Crippen molar-refractivity contribution in [2.24, 2.45) is 0 Å². The summed E-state index contributed by atoms with van der Waals surface area (Å²) in [6, 6.07) is 16.2. The van der Waals surface area contributed by atoms with Crippen LogP contribution in [0.2, 0.25) is 0 Å². The smallest absolute Gasteiger partial charge is 0.307 e. The molecule has 0 unspecified atom stereocenters. The van der Waals surface area contributed by atoms with Gasteiger partial charge in [0.05, 0.1) is 6.42 Å². The highest BCUT2D eigenvalue weighted by atomic mass is 16.4. The van der Waals surface area contributed by atoms with Crippen LogP contribution in [0.3, 0.4) is 0 Å². The van der Waals surface area contributed by atoms with Gasteiger partial charge in [0.15, 0.2) is 0 Å². The minimum absolute atomic E-state index is 0.0536. The van der Waals surface area contributed by atoms with Crippen LogP contribution < -0.4 is 0 Å². The van der Waals surface area contributed by atoms with Gasteiger partial charge in [0.1, 0.15) is 0 Å². The molecule has 18 heavy (non-hydrogen) atoms. The van der Waals surface area contributed by atoms with Gasteiger partial charge in [0.25, 0.3) is 0 Å². The molecule has 88 valence electrons. The molecule has 0 aromatic heterocycles. The molecule has 0 amide bonds. The van der Waals surface area contributed by atoms with Crippen LogP contribution in [0.5, 0.6) is 0 Å². The molecule has 2 aromatic rings. The van der Waals surface area contributed by atoms with Crippen molar-refractivity contribution in [3.8, 4) is 11.1 Å². The summed E-state index contributed by atoms with van der Waals surface area (Å²) < 4.78 is 0. The number of aliphatic carboxylic acids is 1. The summed E-state index contributed by atoms with van der Waals surface area (Å²) in [4.78, 5) is 10.7. The third-order valence-corrected chi connectivity index (χ3v) is 3.21. The zero-order valence-corrected chi connectivity index (χ0v) is 9.76. The van der Waals surface area contributed by atoms with E-state index in [4.69, 9.17) is 5.11 Å². The molecule has 0 atom stereocenters. The Balaban J connectivity index is 2.21. The summed E-state index contributed by atoms with van der Waals surface area (Å²) in [6.45, 7) is 0. The Morgan fingerprint density at radius 2 is 1.33 bits per heavy atom. The van der Waals surface area contributed by atoms with Gasteiger partial charge in [-0.1, -0.05) is 54.6 Å². The number of carboxylic acids is 1. The van der Waals surface area contributed by atoms with Gasteiger partial charge < -0.3 is 5.11 Å². The lowest BCUT2D eigenvalue weighted by molar-refractivity contribution is -0.135. The Bertz CT molecular complexity index is 606. The molecule has 3 rings (SSSR count). The van der Waals surface area contributed by atoms with Crippen LogP contribution in [0.4, 0.5) is 0 Å². The maximum absolute atomic E-state index is 10.7. The molecule has 0 saturated heterocycles. The second kappa shape index (κ2) is 4.15. The van der Waals surface area contributed by atoms with Crippen molar-refractivity contribution >= 4 is 11.5 Å². The molecule has 0 heterocycles. The van der Waals surface area contributed by atoms with Gasteiger partial charge in [-0.15, -0.1) is 0 Å². The van der Waals surface area contributed by atoms with Gasteiger partial charge in [0.2, 0.25) is 0 Å². The van der Waals surface area contributed by atoms with Crippen molar-refractivity contribution < 1.29 is 9.90 Å². The largest absolute Gasteiger partial charge is 0.481 e. The molecular formula is C16H12O2.